The molecule has 0 aromatic heterocycles. The van der Waals surface area contributed by atoms with Crippen LogP contribution in [0.3, 0.4) is 0 Å². The van der Waals surface area contributed by atoms with Gasteiger partial charge in [0.1, 0.15) is 6.61 Å². The van der Waals surface area contributed by atoms with Crippen molar-refractivity contribution in [3.8, 4) is 0 Å². The van der Waals surface area contributed by atoms with Gasteiger partial charge in [0.05, 0.1) is 9.79 Å². The van der Waals surface area contributed by atoms with Crippen LogP contribution in [-0.2, 0) is 22.0 Å². The van der Waals surface area contributed by atoms with Crippen molar-refractivity contribution in [2.24, 2.45) is 0 Å². The summed E-state index contributed by atoms with van der Waals surface area (Å²) in [7, 11) is 0. The van der Waals surface area contributed by atoms with Crippen molar-refractivity contribution in [2.75, 3.05) is 0 Å². The van der Waals surface area contributed by atoms with Gasteiger partial charge >= 0.3 is 0 Å². The smallest absolute Gasteiger partial charge is 0.157 e. The average molecular weight is 402 g/mol. The molecule has 1 aliphatic heterocycles. The molecule has 3 aromatic carbocycles. The van der Waals surface area contributed by atoms with Crippen molar-refractivity contribution in [1.82, 2.24) is 0 Å². The van der Waals surface area contributed by atoms with E-state index < -0.39 is 0 Å². The van der Waals surface area contributed by atoms with Crippen molar-refractivity contribution >= 4 is 38.9 Å². The van der Waals surface area contributed by atoms with Crippen molar-refractivity contribution in [2.45, 2.75) is 26.2 Å². The zero-order chi connectivity index (χ0) is 15.6. The lowest BCUT2D eigenvalue weighted by molar-refractivity contribution is 0.348. The van der Waals surface area contributed by atoms with Gasteiger partial charge in [-0.1, -0.05) is 64.1 Å². The second-order valence-electron chi connectivity index (χ2n) is 5.15. The maximum atomic E-state index is 6.36. The summed E-state index contributed by atoms with van der Waals surface area (Å²) in [6.07, 6.45) is 0. The third kappa shape index (κ3) is 3.22. The van der Waals surface area contributed by atoms with Gasteiger partial charge < -0.3 is 0 Å². The first-order valence-electron chi connectivity index (χ1n) is 7.29. The number of fused-ring (bicyclic) bond motifs is 2. The van der Waals surface area contributed by atoms with Crippen molar-refractivity contribution in [1.29, 1.82) is 0 Å². The monoisotopic (exact) mass is 401 g/mol. The summed E-state index contributed by atoms with van der Waals surface area (Å²) >= 11 is 4.97. The Morgan fingerprint density at radius 3 is 1.96 bits per heavy atom. The van der Waals surface area contributed by atoms with Crippen LogP contribution < -0.4 is 0 Å². The Bertz CT molecular complexity index is 787. The molecule has 4 rings (SSSR count). The quantitative estimate of drug-likeness (QED) is 0.491. The normalized spacial score (nSPS) is 13.4. The summed E-state index contributed by atoms with van der Waals surface area (Å²) < 4.78 is 7.45. The molecule has 0 amide bonds. The zero-order valence-electron chi connectivity index (χ0n) is 12.2. The third-order valence-corrected chi connectivity index (χ3v) is 7.38. The van der Waals surface area contributed by atoms with Crippen LogP contribution in [0.2, 0.25) is 0 Å². The Labute approximate surface area is 151 Å². The lowest BCUT2D eigenvalue weighted by atomic mass is 10.2. The van der Waals surface area contributed by atoms with Crippen LogP contribution in [0.1, 0.15) is 5.56 Å². The largest absolute Gasteiger partial charge is 0.225 e. The highest BCUT2D eigenvalue weighted by atomic mass is 79.9. The molecule has 0 bridgehead atoms. The van der Waals surface area contributed by atoms with E-state index in [4.69, 9.17) is 4.18 Å². The Hall–Kier alpha value is -1.20. The molecule has 23 heavy (non-hydrogen) atoms. The number of hydrogen-bond donors (Lipinski definition) is 0. The third-order valence-electron chi connectivity index (χ3n) is 3.57. The highest BCUT2D eigenvalue weighted by Crippen LogP contribution is 2.45. The molecule has 4 heteroatoms. The minimum absolute atomic E-state index is 0.333. The van der Waals surface area contributed by atoms with E-state index in [0.29, 0.717) is 6.61 Å². The van der Waals surface area contributed by atoms with Crippen molar-refractivity contribution in [3.63, 3.8) is 0 Å². The van der Waals surface area contributed by atoms with Crippen LogP contribution >= 0.6 is 27.7 Å². The van der Waals surface area contributed by atoms with E-state index in [1.807, 2.05) is 11.8 Å². The molecule has 1 aliphatic rings. The Balaban J connectivity index is 1.66. The van der Waals surface area contributed by atoms with Crippen LogP contribution in [0.25, 0.3) is 0 Å². The van der Waals surface area contributed by atoms with Crippen LogP contribution in [0.4, 0.5) is 0 Å². The summed E-state index contributed by atoms with van der Waals surface area (Å²) in [5, 5.41) is 0. The van der Waals surface area contributed by atoms with Gasteiger partial charge in [0, 0.05) is 4.47 Å². The van der Waals surface area contributed by atoms with Gasteiger partial charge in [-0.2, -0.15) is 4.18 Å². The second-order valence-corrected chi connectivity index (χ2v) is 8.81. The van der Waals surface area contributed by atoms with Gasteiger partial charge in [-0.25, -0.2) is 0 Å². The summed E-state index contributed by atoms with van der Waals surface area (Å²) in [5.41, 5.74) is 1.19. The average Bonchev–Trinajstić information content (AvgIpc) is 2.60. The Morgan fingerprint density at radius 2 is 1.35 bits per heavy atom. The lowest BCUT2D eigenvalue weighted by Crippen LogP contribution is -2.13. The second kappa shape index (κ2) is 6.73. The standard InChI is InChI=1S/C19H14BrOS2/c20-15-11-9-14(10-12-15)13-21-23-18-7-3-1-5-16(18)22-17-6-2-4-8-19(17)23/h1-12H,13H2/q+1. The number of hydrogen-bond acceptors (Lipinski definition) is 2. The van der Waals surface area contributed by atoms with Crippen molar-refractivity contribution in [3.05, 3.63) is 82.8 Å². The van der Waals surface area contributed by atoms with E-state index >= 15 is 0 Å². The molecule has 0 saturated heterocycles. The molecular weight excluding hydrogens is 388 g/mol. The lowest BCUT2D eigenvalue weighted by Gasteiger charge is -2.17. The van der Waals surface area contributed by atoms with E-state index in [9.17, 15) is 0 Å². The number of halogens is 1. The molecule has 0 unspecified atom stereocenters. The molecule has 0 spiro atoms. The van der Waals surface area contributed by atoms with Gasteiger partial charge in [0.2, 0.25) is 21.0 Å². The fourth-order valence-corrected chi connectivity index (χ4v) is 5.93. The highest BCUT2D eigenvalue weighted by Gasteiger charge is 2.38. The minimum atomic E-state index is -0.333. The molecule has 1 heterocycles. The van der Waals surface area contributed by atoms with E-state index in [2.05, 4.69) is 88.7 Å². The van der Waals surface area contributed by atoms with Crippen LogP contribution in [0, 0.1) is 0 Å². The van der Waals surface area contributed by atoms with Gasteiger partial charge in [-0.15, -0.1) is 0 Å². The SMILES string of the molecule is Brc1ccc(CO[S+]2c3ccccc3Sc3ccccc32)cc1. The number of benzene rings is 3. The van der Waals surface area contributed by atoms with E-state index in [1.54, 1.807) is 0 Å². The fourth-order valence-electron chi connectivity index (χ4n) is 2.45. The van der Waals surface area contributed by atoms with Gasteiger partial charge in [-0.3, -0.25) is 0 Å². The molecule has 0 atom stereocenters. The Morgan fingerprint density at radius 1 is 0.783 bits per heavy atom. The van der Waals surface area contributed by atoms with Crippen LogP contribution in [0.5, 0.6) is 0 Å². The molecule has 0 aliphatic carbocycles. The molecule has 3 aromatic rings. The first kappa shape index (κ1) is 15.3. The predicted molar refractivity (Wildman–Crippen MR) is 99.8 cm³/mol. The fraction of sp³-hybridized carbons (Fsp3) is 0.0526. The first-order valence-corrected chi connectivity index (χ1v) is 10.0. The molecule has 114 valence electrons. The van der Waals surface area contributed by atoms with Gasteiger partial charge in [-0.05, 0) is 42.0 Å². The van der Waals surface area contributed by atoms with E-state index in [1.165, 1.54) is 25.1 Å². The van der Waals surface area contributed by atoms with Crippen molar-refractivity contribution < 1.29 is 4.18 Å². The van der Waals surface area contributed by atoms with Crippen LogP contribution in [0.15, 0.2) is 96.9 Å². The Kier molecular flexibility index (Phi) is 4.49. The van der Waals surface area contributed by atoms with Gasteiger partial charge in [0.25, 0.3) is 0 Å². The summed E-state index contributed by atoms with van der Waals surface area (Å²) in [4.78, 5) is 5.16. The highest BCUT2D eigenvalue weighted by molar-refractivity contribution is 9.10. The summed E-state index contributed by atoms with van der Waals surface area (Å²) in [5.74, 6) is 0. The zero-order valence-corrected chi connectivity index (χ0v) is 15.5. The maximum Gasteiger partial charge on any atom is 0.225 e. The molecule has 0 saturated carbocycles. The first-order chi connectivity index (χ1) is 11.3. The van der Waals surface area contributed by atoms with E-state index in [0.717, 1.165) is 4.47 Å². The minimum Gasteiger partial charge on any atom is -0.157 e. The molecular formula is C19H14BrOS2+. The van der Waals surface area contributed by atoms with Crippen LogP contribution in [-0.4, -0.2) is 0 Å². The maximum absolute atomic E-state index is 6.36. The molecule has 0 N–H and O–H groups in total. The number of rotatable bonds is 3. The van der Waals surface area contributed by atoms with Gasteiger partial charge in [0.15, 0.2) is 0 Å². The molecule has 1 nitrogen and oxygen atoms in total. The summed E-state index contributed by atoms with van der Waals surface area (Å²) in [6.45, 7) is 0.615. The molecule has 0 radical (unpaired) electrons. The molecule has 0 fully saturated rings. The topological polar surface area (TPSA) is 9.23 Å². The van der Waals surface area contributed by atoms with E-state index in [-0.39, 0.29) is 11.2 Å². The predicted octanol–water partition coefficient (Wildman–Crippen LogP) is 6.08. The summed E-state index contributed by atoms with van der Waals surface area (Å²) in [6, 6.07) is 25.4.